The quantitative estimate of drug-likeness (QED) is 0.586. The highest BCUT2D eigenvalue weighted by Gasteiger charge is 2.65. The fourth-order valence-electron chi connectivity index (χ4n) is 5.51. The number of aromatic hydroxyl groups is 1. The lowest BCUT2D eigenvalue weighted by molar-refractivity contribution is -0.157. The van der Waals surface area contributed by atoms with Crippen molar-refractivity contribution in [3.63, 3.8) is 0 Å². The second kappa shape index (κ2) is 6.04. The van der Waals surface area contributed by atoms with Crippen LogP contribution in [0.5, 0.6) is 5.75 Å². The van der Waals surface area contributed by atoms with Gasteiger partial charge < -0.3 is 20.8 Å². The minimum atomic E-state index is -1.15. The van der Waals surface area contributed by atoms with Crippen LogP contribution in [0.15, 0.2) is 12.1 Å². The number of aryl methyl sites for hydroxylation is 1. The molecule has 0 unspecified atom stereocenters. The van der Waals surface area contributed by atoms with Crippen molar-refractivity contribution in [2.45, 2.75) is 76.5 Å². The number of hydrogen-bond donors (Lipinski definition) is 4. The van der Waals surface area contributed by atoms with E-state index in [1.165, 1.54) is 0 Å². The van der Waals surface area contributed by atoms with Crippen molar-refractivity contribution in [3.8, 4) is 5.75 Å². The van der Waals surface area contributed by atoms with Crippen molar-refractivity contribution in [1.29, 1.82) is 0 Å². The predicted molar refractivity (Wildman–Crippen MR) is 105 cm³/mol. The largest absolute Gasteiger partial charge is 0.508 e. The third-order valence-corrected chi connectivity index (χ3v) is 7.10. The first-order valence-electron chi connectivity index (χ1n) is 10.1. The summed E-state index contributed by atoms with van der Waals surface area (Å²) < 4.78 is 0. The normalized spacial score (nSPS) is 34.4. The van der Waals surface area contributed by atoms with Gasteiger partial charge in [-0.2, -0.15) is 0 Å². The molecule has 1 aliphatic heterocycles. The Kier molecular flexibility index (Phi) is 4.18. The van der Waals surface area contributed by atoms with E-state index >= 15 is 0 Å². The highest BCUT2D eigenvalue weighted by Crippen LogP contribution is 2.56. The molecule has 2 bridgehead atoms. The zero-order valence-corrected chi connectivity index (χ0v) is 17.1. The van der Waals surface area contributed by atoms with Gasteiger partial charge in [0.15, 0.2) is 5.78 Å². The summed E-state index contributed by atoms with van der Waals surface area (Å²) in [4.78, 5) is 25.6. The topological polar surface area (TPSA) is 98.7 Å². The lowest BCUT2D eigenvalue weighted by Gasteiger charge is -2.61. The molecule has 152 valence electrons. The molecule has 1 aromatic carbocycles. The molecule has 4 N–H and O–H groups in total. The number of amides is 1. The number of carbonyl (C=O) groups excluding carboxylic acids is 2. The molecule has 1 aromatic rings. The van der Waals surface area contributed by atoms with E-state index in [1.807, 2.05) is 27.7 Å². The van der Waals surface area contributed by atoms with Gasteiger partial charge >= 0.3 is 0 Å². The SMILES string of the molecule is Cc1cc(O)cc2c1C[C@H]1NCC[C@@]23CC(=O)[C@@H](NC(=O)C(C)(C)C)C[C@@]13O. The standard InChI is InChI=1S/C22H30N2O4/c1-12-7-13(25)8-15-14(12)9-18-22(28)10-16(24-19(27)20(2,3)4)17(26)11-21(15,22)5-6-23-18/h7-8,16,18,23,25,28H,5-6,9-11H2,1-4H3,(H,24,27)/t16-,18+,21+,22+/m0/s1. The molecular formula is C22H30N2O4. The van der Waals surface area contributed by atoms with Gasteiger partial charge in [0.05, 0.1) is 11.6 Å². The molecule has 1 saturated carbocycles. The summed E-state index contributed by atoms with van der Waals surface area (Å²) in [6.45, 7) is 8.11. The molecule has 0 aromatic heterocycles. The fourth-order valence-corrected chi connectivity index (χ4v) is 5.51. The number of ketones is 1. The molecular weight excluding hydrogens is 356 g/mol. The number of carbonyl (C=O) groups is 2. The summed E-state index contributed by atoms with van der Waals surface area (Å²) >= 11 is 0. The van der Waals surface area contributed by atoms with E-state index in [1.54, 1.807) is 12.1 Å². The van der Waals surface area contributed by atoms with Crippen LogP contribution in [0.2, 0.25) is 0 Å². The Bertz CT molecular complexity index is 859. The highest BCUT2D eigenvalue weighted by molar-refractivity contribution is 5.93. The van der Waals surface area contributed by atoms with E-state index in [0.29, 0.717) is 19.4 Å². The Hall–Kier alpha value is -1.92. The first kappa shape index (κ1) is 19.4. The third kappa shape index (κ3) is 2.61. The number of fused-ring (bicyclic) bond motifs is 1. The van der Waals surface area contributed by atoms with Crippen molar-refractivity contribution in [1.82, 2.24) is 10.6 Å². The van der Waals surface area contributed by atoms with Gasteiger partial charge in [0.2, 0.25) is 5.91 Å². The summed E-state index contributed by atoms with van der Waals surface area (Å²) in [6.07, 6.45) is 1.64. The second-order valence-electron chi connectivity index (χ2n) is 9.88. The summed E-state index contributed by atoms with van der Waals surface area (Å²) in [5, 5.41) is 28.5. The van der Waals surface area contributed by atoms with Crippen molar-refractivity contribution in [3.05, 3.63) is 28.8 Å². The molecule has 1 heterocycles. The summed E-state index contributed by atoms with van der Waals surface area (Å²) in [5.74, 6) is -0.0643. The highest BCUT2D eigenvalue weighted by atomic mass is 16.3. The molecule has 0 radical (unpaired) electrons. The van der Waals surface area contributed by atoms with Crippen LogP contribution in [0.25, 0.3) is 0 Å². The lowest BCUT2D eigenvalue weighted by atomic mass is 9.49. The van der Waals surface area contributed by atoms with Gasteiger partial charge in [0.1, 0.15) is 5.75 Å². The smallest absolute Gasteiger partial charge is 0.225 e. The Morgan fingerprint density at radius 2 is 2.04 bits per heavy atom. The first-order valence-corrected chi connectivity index (χ1v) is 10.1. The van der Waals surface area contributed by atoms with Crippen LogP contribution in [-0.2, 0) is 21.4 Å². The number of piperidine rings is 1. The van der Waals surface area contributed by atoms with Gasteiger partial charge in [-0.1, -0.05) is 20.8 Å². The summed E-state index contributed by atoms with van der Waals surface area (Å²) in [6, 6.07) is 2.61. The van der Waals surface area contributed by atoms with Crippen LogP contribution in [-0.4, -0.2) is 46.1 Å². The van der Waals surface area contributed by atoms with Crippen molar-refractivity contribution < 1.29 is 19.8 Å². The average molecular weight is 386 g/mol. The maximum Gasteiger partial charge on any atom is 0.225 e. The zero-order valence-electron chi connectivity index (χ0n) is 17.1. The van der Waals surface area contributed by atoms with Gasteiger partial charge in [-0.05, 0) is 55.1 Å². The maximum absolute atomic E-state index is 13.1. The second-order valence-corrected chi connectivity index (χ2v) is 9.88. The molecule has 6 heteroatoms. The van der Waals surface area contributed by atoms with Crippen LogP contribution in [0.4, 0.5) is 0 Å². The van der Waals surface area contributed by atoms with Gasteiger partial charge in [-0.3, -0.25) is 9.59 Å². The number of aliphatic hydroxyl groups is 1. The number of phenolic OH excluding ortho intramolecular Hbond substituents is 1. The number of nitrogens with one attached hydrogen (secondary N) is 2. The number of benzene rings is 1. The molecule has 1 amide bonds. The van der Waals surface area contributed by atoms with E-state index in [9.17, 15) is 19.8 Å². The number of hydrogen-bond acceptors (Lipinski definition) is 5. The Morgan fingerprint density at radius 3 is 2.71 bits per heavy atom. The van der Waals surface area contributed by atoms with Crippen LogP contribution in [0.1, 0.15) is 56.7 Å². The van der Waals surface area contributed by atoms with Crippen molar-refractivity contribution in [2.75, 3.05) is 6.54 Å². The third-order valence-electron chi connectivity index (χ3n) is 7.10. The van der Waals surface area contributed by atoms with Crippen molar-refractivity contribution >= 4 is 11.7 Å². The Labute approximate surface area is 165 Å². The van der Waals surface area contributed by atoms with Crippen LogP contribution < -0.4 is 10.6 Å². The van der Waals surface area contributed by atoms with Crippen LogP contribution in [0, 0.1) is 12.3 Å². The molecule has 2 fully saturated rings. The number of Topliss-reactive ketones (excluding diaryl/α,β-unsaturated/α-hetero) is 1. The van der Waals surface area contributed by atoms with Crippen LogP contribution >= 0.6 is 0 Å². The number of phenols is 1. The molecule has 2 aliphatic carbocycles. The zero-order chi connectivity index (χ0) is 20.5. The molecule has 4 rings (SSSR count). The minimum Gasteiger partial charge on any atom is -0.508 e. The van der Waals surface area contributed by atoms with Gasteiger partial charge in [-0.15, -0.1) is 0 Å². The Balaban J connectivity index is 1.78. The fraction of sp³-hybridized carbons (Fsp3) is 0.636. The molecule has 1 saturated heterocycles. The summed E-state index contributed by atoms with van der Waals surface area (Å²) in [5.41, 5.74) is 0.529. The van der Waals surface area contributed by atoms with Crippen molar-refractivity contribution in [2.24, 2.45) is 5.41 Å². The first-order chi connectivity index (χ1) is 13.0. The van der Waals surface area contributed by atoms with Gasteiger partial charge in [-0.25, -0.2) is 0 Å². The Morgan fingerprint density at radius 1 is 1.32 bits per heavy atom. The number of rotatable bonds is 1. The van der Waals surface area contributed by atoms with Gasteiger partial charge in [0, 0.05) is 29.7 Å². The van der Waals surface area contributed by atoms with Crippen LogP contribution in [0.3, 0.4) is 0 Å². The molecule has 28 heavy (non-hydrogen) atoms. The molecule has 0 spiro atoms. The molecule has 3 aliphatic rings. The van der Waals surface area contributed by atoms with E-state index in [2.05, 4.69) is 10.6 Å². The van der Waals surface area contributed by atoms with E-state index < -0.39 is 22.5 Å². The molecule has 6 nitrogen and oxygen atoms in total. The van der Waals surface area contributed by atoms with Gasteiger partial charge in [0.25, 0.3) is 0 Å². The van der Waals surface area contributed by atoms with E-state index in [0.717, 1.165) is 16.7 Å². The lowest BCUT2D eigenvalue weighted by Crippen LogP contribution is -2.75. The summed E-state index contributed by atoms with van der Waals surface area (Å²) in [7, 11) is 0. The molecule has 4 atom stereocenters. The predicted octanol–water partition coefficient (Wildman–Crippen LogP) is 1.48. The van der Waals surface area contributed by atoms with E-state index in [-0.39, 0.29) is 36.3 Å². The maximum atomic E-state index is 13.1. The van der Waals surface area contributed by atoms with E-state index in [4.69, 9.17) is 0 Å². The monoisotopic (exact) mass is 386 g/mol. The average Bonchev–Trinajstić information content (AvgIpc) is 2.56. The minimum absolute atomic E-state index is 0.0447.